The van der Waals surface area contributed by atoms with Crippen LogP contribution in [0, 0.1) is 5.92 Å². The number of thiophene rings is 1. The topological polar surface area (TPSA) is 58.6 Å². The van der Waals surface area contributed by atoms with E-state index in [2.05, 4.69) is 5.32 Å². The van der Waals surface area contributed by atoms with Gasteiger partial charge in [-0.25, -0.2) is 0 Å². The molecule has 0 radical (unpaired) electrons. The van der Waals surface area contributed by atoms with Crippen molar-refractivity contribution in [3.05, 3.63) is 22.4 Å². The Morgan fingerprint density at radius 3 is 2.77 bits per heavy atom. The van der Waals surface area contributed by atoms with E-state index in [-0.39, 0.29) is 23.8 Å². The summed E-state index contributed by atoms with van der Waals surface area (Å²) in [7, 11) is 0. The van der Waals surface area contributed by atoms with Crippen molar-refractivity contribution in [3.8, 4) is 0 Å². The fourth-order valence-corrected chi connectivity index (χ4v) is 3.76. The molecule has 0 spiro atoms. The predicted molar refractivity (Wildman–Crippen MR) is 84.9 cm³/mol. The summed E-state index contributed by atoms with van der Waals surface area (Å²) in [5.74, 6) is 0.223. The summed E-state index contributed by atoms with van der Waals surface area (Å²) in [5.41, 5.74) is 0. The number of rotatable bonds is 4. The zero-order chi connectivity index (χ0) is 15.4. The maximum atomic E-state index is 12.3. The zero-order valence-corrected chi connectivity index (χ0v) is 13.4. The Kier molecular flexibility index (Phi) is 5.10. The summed E-state index contributed by atoms with van der Waals surface area (Å²) in [6.07, 6.45) is 3.80. The summed E-state index contributed by atoms with van der Waals surface area (Å²) in [6, 6.07) is 3.75. The molecule has 2 fully saturated rings. The third-order valence-corrected chi connectivity index (χ3v) is 5.27. The third kappa shape index (κ3) is 3.67. The Morgan fingerprint density at radius 1 is 1.32 bits per heavy atom. The highest BCUT2D eigenvalue weighted by Gasteiger charge is 2.28. The van der Waals surface area contributed by atoms with Crippen molar-refractivity contribution >= 4 is 23.2 Å². The van der Waals surface area contributed by atoms with E-state index in [9.17, 15) is 9.59 Å². The van der Waals surface area contributed by atoms with Crippen LogP contribution in [-0.4, -0.2) is 49.1 Å². The molecule has 2 amide bonds. The molecular formula is C16H22N2O3S. The summed E-state index contributed by atoms with van der Waals surface area (Å²) >= 11 is 1.47. The lowest BCUT2D eigenvalue weighted by molar-refractivity contribution is -0.126. The molecular weight excluding hydrogens is 300 g/mol. The first-order valence-corrected chi connectivity index (χ1v) is 8.84. The maximum absolute atomic E-state index is 12.3. The average molecular weight is 322 g/mol. The first kappa shape index (κ1) is 15.5. The van der Waals surface area contributed by atoms with Gasteiger partial charge in [-0.1, -0.05) is 6.07 Å². The van der Waals surface area contributed by atoms with Crippen molar-refractivity contribution in [3.63, 3.8) is 0 Å². The van der Waals surface area contributed by atoms with Crippen LogP contribution in [0.4, 0.5) is 0 Å². The molecule has 6 heteroatoms. The van der Waals surface area contributed by atoms with Crippen molar-refractivity contribution in [1.29, 1.82) is 0 Å². The second kappa shape index (κ2) is 7.24. The van der Waals surface area contributed by atoms with Crippen molar-refractivity contribution < 1.29 is 14.3 Å². The van der Waals surface area contributed by atoms with E-state index in [1.807, 2.05) is 22.4 Å². The van der Waals surface area contributed by atoms with E-state index in [1.165, 1.54) is 11.3 Å². The third-order valence-electron chi connectivity index (χ3n) is 4.41. The SMILES string of the molecule is O=C(NCC1CCCO1)C1CCN(C(=O)c2cccs2)CC1. The minimum absolute atomic E-state index is 0.0220. The molecule has 1 atom stereocenters. The number of piperidine rings is 1. The lowest BCUT2D eigenvalue weighted by Gasteiger charge is -2.31. The second-order valence-corrected chi connectivity index (χ2v) is 6.87. The number of ether oxygens (including phenoxy) is 1. The molecule has 1 unspecified atom stereocenters. The quantitative estimate of drug-likeness (QED) is 0.921. The molecule has 2 saturated heterocycles. The Morgan fingerprint density at radius 2 is 2.14 bits per heavy atom. The molecule has 3 heterocycles. The summed E-state index contributed by atoms with van der Waals surface area (Å²) in [6.45, 7) is 2.75. The molecule has 0 bridgehead atoms. The van der Waals surface area contributed by atoms with E-state index in [1.54, 1.807) is 0 Å². The fourth-order valence-electron chi connectivity index (χ4n) is 3.06. The predicted octanol–water partition coefficient (Wildman–Crippen LogP) is 1.90. The molecule has 1 aromatic rings. The Bertz CT molecular complexity index is 503. The minimum atomic E-state index is 0.0220. The lowest BCUT2D eigenvalue weighted by Crippen LogP contribution is -2.44. The van der Waals surface area contributed by atoms with E-state index < -0.39 is 0 Å². The Balaban J connectivity index is 1.42. The van der Waals surface area contributed by atoms with Gasteiger partial charge in [0, 0.05) is 32.2 Å². The number of hydrogen-bond donors (Lipinski definition) is 1. The second-order valence-electron chi connectivity index (χ2n) is 5.92. The highest BCUT2D eigenvalue weighted by atomic mass is 32.1. The van der Waals surface area contributed by atoms with Crippen molar-refractivity contribution in [1.82, 2.24) is 10.2 Å². The molecule has 120 valence electrons. The summed E-state index contributed by atoms with van der Waals surface area (Å²) in [5, 5.41) is 4.92. The summed E-state index contributed by atoms with van der Waals surface area (Å²) in [4.78, 5) is 27.1. The van der Waals surface area contributed by atoms with E-state index in [0.717, 1.165) is 37.2 Å². The highest BCUT2D eigenvalue weighted by molar-refractivity contribution is 7.12. The molecule has 2 aliphatic rings. The van der Waals surface area contributed by atoms with Crippen LogP contribution in [-0.2, 0) is 9.53 Å². The molecule has 22 heavy (non-hydrogen) atoms. The van der Waals surface area contributed by atoms with Crippen molar-refractivity contribution in [2.24, 2.45) is 5.92 Å². The van der Waals surface area contributed by atoms with Crippen LogP contribution < -0.4 is 5.32 Å². The number of carbonyl (C=O) groups is 2. The van der Waals surface area contributed by atoms with Gasteiger partial charge in [0.1, 0.15) is 0 Å². The molecule has 5 nitrogen and oxygen atoms in total. The van der Waals surface area contributed by atoms with Gasteiger partial charge in [-0.3, -0.25) is 9.59 Å². The summed E-state index contributed by atoms with van der Waals surface area (Å²) < 4.78 is 5.51. The fraction of sp³-hybridized carbons (Fsp3) is 0.625. The van der Waals surface area contributed by atoms with Gasteiger partial charge in [0.05, 0.1) is 11.0 Å². The van der Waals surface area contributed by atoms with Crippen LogP contribution in [0.25, 0.3) is 0 Å². The van der Waals surface area contributed by atoms with Crippen LogP contribution in [0.2, 0.25) is 0 Å². The van der Waals surface area contributed by atoms with Crippen LogP contribution in [0.3, 0.4) is 0 Å². The normalized spacial score (nSPS) is 22.7. The molecule has 3 rings (SSSR count). The number of nitrogens with zero attached hydrogens (tertiary/aromatic N) is 1. The Hall–Kier alpha value is -1.40. The number of amides is 2. The average Bonchev–Trinajstić information content (AvgIpc) is 3.25. The van der Waals surface area contributed by atoms with Gasteiger partial charge in [0.2, 0.25) is 5.91 Å². The van der Waals surface area contributed by atoms with Crippen LogP contribution in [0.15, 0.2) is 17.5 Å². The van der Waals surface area contributed by atoms with Gasteiger partial charge in [-0.05, 0) is 37.1 Å². The molecule has 2 aliphatic heterocycles. The van der Waals surface area contributed by atoms with Gasteiger partial charge in [0.15, 0.2) is 0 Å². The van der Waals surface area contributed by atoms with E-state index >= 15 is 0 Å². The van der Waals surface area contributed by atoms with Crippen LogP contribution in [0.5, 0.6) is 0 Å². The smallest absolute Gasteiger partial charge is 0.263 e. The number of likely N-dealkylation sites (tertiary alicyclic amines) is 1. The molecule has 0 saturated carbocycles. The molecule has 1 aromatic heterocycles. The minimum Gasteiger partial charge on any atom is -0.376 e. The number of hydrogen-bond acceptors (Lipinski definition) is 4. The molecule has 1 N–H and O–H groups in total. The van der Waals surface area contributed by atoms with Crippen LogP contribution >= 0.6 is 11.3 Å². The van der Waals surface area contributed by atoms with Gasteiger partial charge in [-0.2, -0.15) is 0 Å². The molecule has 0 aliphatic carbocycles. The lowest BCUT2D eigenvalue weighted by atomic mass is 9.95. The van der Waals surface area contributed by atoms with Gasteiger partial charge < -0.3 is 15.0 Å². The van der Waals surface area contributed by atoms with Gasteiger partial charge >= 0.3 is 0 Å². The van der Waals surface area contributed by atoms with Crippen molar-refractivity contribution in [2.45, 2.75) is 31.8 Å². The monoisotopic (exact) mass is 322 g/mol. The zero-order valence-electron chi connectivity index (χ0n) is 12.6. The number of nitrogens with one attached hydrogen (secondary N) is 1. The van der Waals surface area contributed by atoms with E-state index in [4.69, 9.17) is 4.74 Å². The van der Waals surface area contributed by atoms with Crippen molar-refractivity contribution in [2.75, 3.05) is 26.2 Å². The largest absolute Gasteiger partial charge is 0.376 e. The van der Waals surface area contributed by atoms with E-state index in [0.29, 0.717) is 19.6 Å². The maximum Gasteiger partial charge on any atom is 0.263 e. The molecule has 0 aromatic carbocycles. The highest BCUT2D eigenvalue weighted by Crippen LogP contribution is 2.21. The first-order chi connectivity index (χ1) is 10.7. The Labute approximate surface area is 134 Å². The van der Waals surface area contributed by atoms with Crippen LogP contribution in [0.1, 0.15) is 35.4 Å². The first-order valence-electron chi connectivity index (χ1n) is 7.96. The number of carbonyl (C=O) groups excluding carboxylic acids is 2. The standard InChI is InChI=1S/C16H22N2O3S/c19-15(17-11-13-3-1-9-21-13)12-5-7-18(8-6-12)16(20)14-4-2-10-22-14/h2,4,10,12-13H,1,3,5-9,11H2,(H,17,19). The van der Waals surface area contributed by atoms with Gasteiger partial charge in [0.25, 0.3) is 5.91 Å². The van der Waals surface area contributed by atoms with Gasteiger partial charge in [-0.15, -0.1) is 11.3 Å².